The number of carbonyl (C=O) groups excluding carboxylic acids is 3. The lowest BCUT2D eigenvalue weighted by Gasteiger charge is -2.35. The van der Waals surface area contributed by atoms with Crippen LogP contribution in [0.2, 0.25) is 0 Å². The number of methoxy groups -OCH3 is 1. The lowest BCUT2D eigenvalue weighted by atomic mass is 9.85. The van der Waals surface area contributed by atoms with Crippen LogP contribution in [0.1, 0.15) is 85.3 Å². The summed E-state index contributed by atoms with van der Waals surface area (Å²) < 4.78 is 18.0. The van der Waals surface area contributed by atoms with Crippen LogP contribution in [0, 0.1) is 22.7 Å². The number of ether oxygens (including phenoxy) is 3. The van der Waals surface area contributed by atoms with E-state index in [0.717, 1.165) is 49.7 Å². The maximum absolute atomic E-state index is 14.3. The number of benzene rings is 1. The minimum Gasteiger partial charge on any atom is -0.497 e. The highest BCUT2D eigenvalue weighted by atomic mass is 16.6. The normalized spacial score (nSPS) is 30.3. The largest absolute Gasteiger partial charge is 0.497 e. The molecule has 2 amide bonds. The third kappa shape index (κ3) is 5.84. The minimum absolute atomic E-state index is 0.109. The van der Waals surface area contributed by atoms with Crippen molar-refractivity contribution >= 4 is 28.8 Å². The lowest BCUT2D eigenvalue weighted by Crippen LogP contribution is -2.57. The van der Waals surface area contributed by atoms with Gasteiger partial charge in [0, 0.05) is 17.9 Å². The molecule has 1 saturated heterocycles. The molecule has 3 fully saturated rings. The average Bonchev–Trinajstić information content (AvgIpc) is 3.89. The Morgan fingerprint density at radius 2 is 1.86 bits per heavy atom. The maximum atomic E-state index is 14.3. The van der Waals surface area contributed by atoms with Gasteiger partial charge in [0.05, 0.1) is 30.7 Å². The van der Waals surface area contributed by atoms with Crippen molar-refractivity contribution in [2.75, 3.05) is 13.7 Å². The van der Waals surface area contributed by atoms with Gasteiger partial charge in [-0.15, -0.1) is 0 Å². The number of nitrogens with one attached hydrogen (secondary N) is 1. The molecule has 2 saturated carbocycles. The Bertz CT molecular complexity index is 1450. The van der Waals surface area contributed by atoms with Crippen LogP contribution in [0.3, 0.4) is 0 Å². The van der Waals surface area contributed by atoms with E-state index < -0.39 is 29.7 Å². The van der Waals surface area contributed by atoms with Crippen molar-refractivity contribution in [2.24, 2.45) is 22.7 Å². The van der Waals surface area contributed by atoms with Crippen molar-refractivity contribution in [1.29, 1.82) is 0 Å². The van der Waals surface area contributed by atoms with Gasteiger partial charge in [-0.25, -0.2) is 14.8 Å². The summed E-state index contributed by atoms with van der Waals surface area (Å²) in [7, 11) is 1.62. The molecule has 2 aliphatic heterocycles. The van der Waals surface area contributed by atoms with Gasteiger partial charge >= 0.3 is 6.09 Å². The monoisotopic (exact) mass is 606 g/mol. The smallest absolute Gasteiger partial charge is 0.408 e. The van der Waals surface area contributed by atoms with Crippen LogP contribution in [-0.2, 0) is 20.7 Å². The van der Waals surface area contributed by atoms with Crippen molar-refractivity contribution in [1.82, 2.24) is 20.2 Å². The van der Waals surface area contributed by atoms with Crippen molar-refractivity contribution < 1.29 is 28.6 Å². The zero-order chi connectivity index (χ0) is 31.4. The highest BCUT2D eigenvalue weighted by molar-refractivity contribution is 5.92. The van der Waals surface area contributed by atoms with Gasteiger partial charge in [0.1, 0.15) is 29.7 Å². The molecule has 1 aromatic carbocycles. The van der Waals surface area contributed by atoms with Gasteiger partial charge in [-0.1, -0.05) is 34.1 Å². The van der Waals surface area contributed by atoms with Crippen molar-refractivity contribution in [3.8, 4) is 11.6 Å². The Kier molecular flexibility index (Phi) is 7.99. The molecule has 10 nitrogen and oxygen atoms in total. The molecule has 6 atom stereocenters. The molecule has 2 aliphatic carbocycles. The second kappa shape index (κ2) is 11.5. The number of nitrogens with zero attached hydrogens (tertiary/aromatic N) is 3. The summed E-state index contributed by atoms with van der Waals surface area (Å²) >= 11 is 0. The molecular weight excluding hydrogens is 560 g/mol. The van der Waals surface area contributed by atoms with Crippen LogP contribution in [0.15, 0.2) is 18.2 Å². The fourth-order valence-electron chi connectivity index (χ4n) is 7.60. The number of hydrogen-bond donors (Lipinski definition) is 1. The SMILES string of the molecule is CC[C@@H]1[C@@H]2CN(C(=O)[C@H](C(C)(C)C)NC(=O)O[C@@H]3C[C@H]3C3(CCCCc4nc5ccc(OC)cc5nc4O2)CC3)[C@@H]1C(C)=O. The third-order valence-corrected chi connectivity index (χ3v) is 10.3. The first-order valence-corrected chi connectivity index (χ1v) is 16.2. The number of Topliss-reactive ketones (excluding diaryl/α,β-unsaturated/α-hetero) is 1. The van der Waals surface area contributed by atoms with Crippen LogP contribution in [0.5, 0.6) is 11.6 Å². The molecule has 1 N–H and O–H groups in total. The number of alkyl carbamates (subject to hydrolysis) is 1. The fraction of sp³-hybridized carbons (Fsp3) is 0.676. The van der Waals surface area contributed by atoms with E-state index in [1.54, 1.807) is 12.0 Å². The summed E-state index contributed by atoms with van der Waals surface area (Å²) in [4.78, 5) is 52.1. The number of aromatic nitrogens is 2. The molecule has 1 spiro atoms. The van der Waals surface area contributed by atoms with Gasteiger partial charge < -0.3 is 24.4 Å². The molecule has 10 heteroatoms. The van der Waals surface area contributed by atoms with E-state index in [-0.39, 0.29) is 35.7 Å². The standard InChI is InChI=1S/C34H46N4O6/c1-7-21-27-18-38(28(21)19(2)39)31(40)29(33(3,4)5)37-32(41)44-26-17-22(26)34(14-15-34)13-9-8-10-24-30(43-27)36-25-16-20(42-6)11-12-23(25)35-24/h11-12,16,21-22,26-29H,7-10,13-15,17-18H2,1-6H3,(H,37,41)/t21-,22-,26-,27+,28-,29-/m1/s1. The second-order valence-electron chi connectivity index (χ2n) is 14.4. The van der Waals surface area contributed by atoms with Crippen LogP contribution in [0.25, 0.3) is 11.0 Å². The Hall–Kier alpha value is -3.43. The van der Waals surface area contributed by atoms with Crippen LogP contribution in [0.4, 0.5) is 4.79 Å². The number of carbonyl (C=O) groups is 3. The van der Waals surface area contributed by atoms with E-state index in [1.165, 1.54) is 6.92 Å². The summed E-state index contributed by atoms with van der Waals surface area (Å²) in [5.41, 5.74) is 1.86. The Morgan fingerprint density at radius 3 is 2.52 bits per heavy atom. The summed E-state index contributed by atoms with van der Waals surface area (Å²) in [6, 6.07) is 4.09. The molecule has 6 rings (SSSR count). The number of fused-ring (bicyclic) bond motifs is 6. The molecule has 2 aromatic rings. The minimum atomic E-state index is -0.873. The molecule has 44 heavy (non-hydrogen) atoms. The topological polar surface area (TPSA) is 120 Å². The van der Waals surface area contributed by atoms with Crippen LogP contribution < -0.4 is 14.8 Å². The molecule has 2 bridgehead atoms. The van der Waals surface area contributed by atoms with Crippen molar-refractivity contribution in [3.63, 3.8) is 0 Å². The Morgan fingerprint density at radius 1 is 1.09 bits per heavy atom. The van der Waals surface area contributed by atoms with Crippen molar-refractivity contribution in [2.45, 2.75) is 110 Å². The molecule has 4 aliphatic rings. The van der Waals surface area contributed by atoms with Crippen molar-refractivity contribution in [3.05, 3.63) is 23.9 Å². The predicted molar refractivity (Wildman–Crippen MR) is 164 cm³/mol. The Balaban J connectivity index is 1.38. The highest BCUT2D eigenvalue weighted by Gasteiger charge is 2.60. The van der Waals surface area contributed by atoms with Crippen LogP contribution >= 0.6 is 0 Å². The number of rotatable bonds is 3. The van der Waals surface area contributed by atoms with E-state index in [1.807, 2.05) is 45.9 Å². The van der Waals surface area contributed by atoms with Gasteiger partial charge in [0.2, 0.25) is 11.8 Å². The molecule has 1 aromatic heterocycles. The molecular formula is C34H46N4O6. The van der Waals surface area contributed by atoms with Gasteiger partial charge in [-0.05, 0) is 74.8 Å². The molecule has 0 radical (unpaired) electrons. The molecule has 0 unspecified atom stereocenters. The number of hydrogen-bond acceptors (Lipinski definition) is 8. The first kappa shape index (κ1) is 30.6. The van der Waals surface area contributed by atoms with Gasteiger partial charge in [0.25, 0.3) is 0 Å². The summed E-state index contributed by atoms with van der Waals surface area (Å²) in [6.07, 6.45) is 6.46. The Labute approximate surface area is 259 Å². The van der Waals surface area contributed by atoms with E-state index >= 15 is 0 Å². The third-order valence-electron chi connectivity index (χ3n) is 10.3. The van der Waals surface area contributed by atoms with Gasteiger partial charge in [-0.3, -0.25) is 9.59 Å². The molecule has 238 valence electrons. The summed E-state index contributed by atoms with van der Waals surface area (Å²) in [5, 5.41) is 2.90. The quantitative estimate of drug-likeness (QED) is 0.503. The van der Waals surface area contributed by atoms with Gasteiger partial charge in [-0.2, -0.15) is 0 Å². The first-order valence-electron chi connectivity index (χ1n) is 16.2. The molecule has 3 heterocycles. The number of ketones is 1. The zero-order valence-corrected chi connectivity index (χ0v) is 26.9. The van der Waals surface area contributed by atoms with E-state index in [0.29, 0.717) is 35.9 Å². The maximum Gasteiger partial charge on any atom is 0.408 e. The second-order valence-corrected chi connectivity index (χ2v) is 14.4. The zero-order valence-electron chi connectivity index (χ0n) is 26.9. The van der Waals surface area contributed by atoms with E-state index in [2.05, 4.69) is 5.32 Å². The van der Waals surface area contributed by atoms with Crippen LogP contribution in [-0.4, -0.2) is 70.6 Å². The number of amides is 2. The van der Waals surface area contributed by atoms with Gasteiger partial charge in [0.15, 0.2) is 5.78 Å². The summed E-state index contributed by atoms with van der Waals surface area (Å²) in [5.74, 6) is 0.841. The average molecular weight is 607 g/mol. The highest BCUT2D eigenvalue weighted by Crippen LogP contribution is 2.64. The first-order chi connectivity index (χ1) is 20.9. The predicted octanol–water partition coefficient (Wildman–Crippen LogP) is 5.25. The number of aryl methyl sites for hydroxylation is 1. The lowest BCUT2D eigenvalue weighted by molar-refractivity contribution is -0.141. The van der Waals surface area contributed by atoms with E-state index in [4.69, 9.17) is 24.2 Å². The fourth-order valence-corrected chi connectivity index (χ4v) is 7.60. The summed E-state index contributed by atoms with van der Waals surface area (Å²) in [6.45, 7) is 9.47. The van der Waals surface area contributed by atoms with E-state index in [9.17, 15) is 14.4 Å².